The Morgan fingerprint density at radius 3 is 2.29 bits per heavy atom. The Morgan fingerprint density at radius 1 is 0.619 bits per heavy atom. The average Bonchev–Trinajstić information content (AvgIpc) is 3.00. The Balaban J connectivity index is 1.87. The van der Waals surface area contributed by atoms with Crippen LogP contribution in [0.25, 0.3) is 28.2 Å². The summed E-state index contributed by atoms with van der Waals surface area (Å²) in [6.45, 7) is 0. The molecule has 0 unspecified atom stereocenters. The molecule has 2 heterocycles. The van der Waals surface area contributed by atoms with Crippen molar-refractivity contribution < 1.29 is 0 Å². The molecule has 100 valence electrons. The molecular weight excluding hydrogens is 258 g/mol. The fourth-order valence-corrected chi connectivity index (χ4v) is 2.51. The first-order valence-corrected chi connectivity index (χ1v) is 6.87. The van der Waals surface area contributed by atoms with Crippen molar-refractivity contribution in [1.82, 2.24) is 14.6 Å². The minimum Gasteiger partial charge on any atom is -0.282 e. The number of hydrogen-bond donors (Lipinski definition) is 0. The highest BCUT2D eigenvalue weighted by atomic mass is 15.2. The molecule has 3 heteroatoms. The van der Waals surface area contributed by atoms with Crippen LogP contribution in [0, 0.1) is 0 Å². The fraction of sp³-hybridized carbons (Fsp3) is 0. The van der Waals surface area contributed by atoms with E-state index in [1.807, 2.05) is 34.9 Å². The van der Waals surface area contributed by atoms with Gasteiger partial charge in [-0.2, -0.15) is 0 Å². The molecule has 0 bridgehead atoms. The number of benzene rings is 2. The lowest BCUT2D eigenvalue weighted by Crippen LogP contribution is -1.89. The zero-order chi connectivity index (χ0) is 14.1. The summed E-state index contributed by atoms with van der Waals surface area (Å²) >= 11 is 0. The van der Waals surface area contributed by atoms with Crippen molar-refractivity contribution in [3.8, 4) is 22.5 Å². The second-order valence-electron chi connectivity index (χ2n) is 4.90. The van der Waals surface area contributed by atoms with Crippen molar-refractivity contribution in [2.24, 2.45) is 0 Å². The molecule has 0 aliphatic carbocycles. The van der Waals surface area contributed by atoms with Crippen LogP contribution in [0.1, 0.15) is 0 Å². The Labute approximate surface area is 122 Å². The quantitative estimate of drug-likeness (QED) is 0.550. The van der Waals surface area contributed by atoms with Crippen LogP contribution in [-0.4, -0.2) is 14.6 Å². The van der Waals surface area contributed by atoms with Gasteiger partial charge in [0, 0.05) is 11.8 Å². The molecule has 0 N–H and O–H groups in total. The summed E-state index contributed by atoms with van der Waals surface area (Å²) in [7, 11) is 0. The molecule has 0 atom stereocenters. The molecule has 0 spiro atoms. The van der Waals surface area contributed by atoms with Gasteiger partial charge in [-0.1, -0.05) is 54.6 Å². The second kappa shape index (κ2) is 4.87. The molecule has 0 aliphatic heterocycles. The molecule has 0 fully saturated rings. The predicted octanol–water partition coefficient (Wildman–Crippen LogP) is 4.06. The van der Waals surface area contributed by atoms with Crippen LogP contribution in [0.4, 0.5) is 0 Å². The highest BCUT2D eigenvalue weighted by Crippen LogP contribution is 2.25. The van der Waals surface area contributed by atoms with Gasteiger partial charge in [0.25, 0.3) is 0 Å². The predicted molar refractivity (Wildman–Crippen MR) is 83.9 cm³/mol. The molecule has 2 aromatic carbocycles. The molecule has 21 heavy (non-hydrogen) atoms. The zero-order valence-corrected chi connectivity index (χ0v) is 11.3. The fourth-order valence-electron chi connectivity index (χ4n) is 2.51. The summed E-state index contributed by atoms with van der Waals surface area (Å²) in [5.74, 6) is 0.864. The first-order valence-electron chi connectivity index (χ1n) is 6.87. The summed E-state index contributed by atoms with van der Waals surface area (Å²) < 4.78 is 2.00. The van der Waals surface area contributed by atoms with Crippen molar-refractivity contribution in [2.45, 2.75) is 0 Å². The first-order chi connectivity index (χ1) is 10.4. The number of pyridine rings is 1. The Kier molecular flexibility index (Phi) is 2.75. The van der Waals surface area contributed by atoms with Gasteiger partial charge in [0.05, 0.1) is 0 Å². The van der Waals surface area contributed by atoms with E-state index in [1.165, 1.54) is 11.1 Å². The molecule has 0 saturated carbocycles. The minimum atomic E-state index is 0.859. The standard InChI is InChI=1S/C18H13N3/c1-2-7-14(8-3-1)15-9-6-10-16(13-15)18-20-19-17-11-4-5-12-21(17)18/h1-13H. The Morgan fingerprint density at radius 2 is 1.38 bits per heavy atom. The van der Waals surface area contributed by atoms with Gasteiger partial charge in [-0.15, -0.1) is 10.2 Å². The van der Waals surface area contributed by atoms with Crippen molar-refractivity contribution in [3.63, 3.8) is 0 Å². The van der Waals surface area contributed by atoms with Crippen LogP contribution in [0.5, 0.6) is 0 Å². The zero-order valence-electron chi connectivity index (χ0n) is 11.3. The van der Waals surface area contributed by atoms with Gasteiger partial charge >= 0.3 is 0 Å². The second-order valence-corrected chi connectivity index (χ2v) is 4.90. The lowest BCUT2D eigenvalue weighted by Gasteiger charge is -2.04. The van der Waals surface area contributed by atoms with E-state index in [0.29, 0.717) is 0 Å². The van der Waals surface area contributed by atoms with E-state index in [0.717, 1.165) is 17.0 Å². The monoisotopic (exact) mass is 271 g/mol. The number of aromatic nitrogens is 3. The van der Waals surface area contributed by atoms with Crippen molar-refractivity contribution in [2.75, 3.05) is 0 Å². The number of fused-ring (bicyclic) bond motifs is 1. The topological polar surface area (TPSA) is 30.2 Å². The maximum atomic E-state index is 4.31. The molecule has 3 nitrogen and oxygen atoms in total. The minimum absolute atomic E-state index is 0.859. The van der Waals surface area contributed by atoms with E-state index in [2.05, 4.69) is 58.7 Å². The van der Waals surface area contributed by atoms with Gasteiger partial charge in [-0.05, 0) is 29.3 Å². The van der Waals surface area contributed by atoms with Crippen LogP contribution < -0.4 is 0 Å². The van der Waals surface area contributed by atoms with Crippen LogP contribution in [0.15, 0.2) is 79.0 Å². The van der Waals surface area contributed by atoms with E-state index >= 15 is 0 Å². The van der Waals surface area contributed by atoms with Gasteiger partial charge in [-0.3, -0.25) is 4.40 Å². The van der Waals surface area contributed by atoms with Crippen LogP contribution in [0.3, 0.4) is 0 Å². The van der Waals surface area contributed by atoms with Crippen molar-refractivity contribution in [3.05, 3.63) is 79.0 Å². The summed E-state index contributed by atoms with van der Waals surface area (Å²) in [5, 5.41) is 8.52. The first kappa shape index (κ1) is 11.9. The Hall–Kier alpha value is -2.94. The van der Waals surface area contributed by atoms with Gasteiger partial charge in [0.2, 0.25) is 0 Å². The van der Waals surface area contributed by atoms with Gasteiger partial charge < -0.3 is 0 Å². The summed E-state index contributed by atoms with van der Waals surface area (Å²) in [4.78, 5) is 0. The number of rotatable bonds is 2. The average molecular weight is 271 g/mol. The highest BCUT2D eigenvalue weighted by molar-refractivity contribution is 5.71. The summed E-state index contributed by atoms with van der Waals surface area (Å²) in [6.07, 6.45) is 1.99. The van der Waals surface area contributed by atoms with Crippen LogP contribution >= 0.6 is 0 Å². The van der Waals surface area contributed by atoms with Crippen LogP contribution in [0.2, 0.25) is 0 Å². The van der Waals surface area contributed by atoms with E-state index < -0.39 is 0 Å². The molecular formula is C18H13N3. The summed E-state index contributed by atoms with van der Waals surface area (Å²) in [6, 6.07) is 24.6. The van der Waals surface area contributed by atoms with E-state index in [9.17, 15) is 0 Å². The SMILES string of the molecule is c1ccc(-c2cccc(-c3nnc4ccccn34)c2)cc1. The molecule has 0 radical (unpaired) electrons. The van der Waals surface area contributed by atoms with E-state index in [1.54, 1.807) is 0 Å². The maximum Gasteiger partial charge on any atom is 0.168 e. The molecule has 4 rings (SSSR count). The maximum absolute atomic E-state index is 4.31. The van der Waals surface area contributed by atoms with E-state index in [-0.39, 0.29) is 0 Å². The van der Waals surface area contributed by atoms with E-state index in [4.69, 9.17) is 0 Å². The van der Waals surface area contributed by atoms with Crippen molar-refractivity contribution in [1.29, 1.82) is 0 Å². The van der Waals surface area contributed by atoms with Gasteiger partial charge in [-0.25, -0.2) is 0 Å². The van der Waals surface area contributed by atoms with Crippen molar-refractivity contribution >= 4 is 5.65 Å². The molecule has 4 aromatic rings. The Bertz CT molecular complexity index is 894. The smallest absolute Gasteiger partial charge is 0.168 e. The molecule has 2 aromatic heterocycles. The van der Waals surface area contributed by atoms with Gasteiger partial charge in [0.15, 0.2) is 11.5 Å². The third-order valence-corrected chi connectivity index (χ3v) is 3.54. The largest absolute Gasteiger partial charge is 0.282 e. The van der Waals surface area contributed by atoms with Gasteiger partial charge in [0.1, 0.15) is 0 Å². The number of hydrogen-bond acceptors (Lipinski definition) is 2. The number of nitrogens with zero attached hydrogens (tertiary/aromatic N) is 3. The summed E-state index contributed by atoms with van der Waals surface area (Å²) in [5.41, 5.74) is 4.31. The third kappa shape index (κ3) is 2.09. The molecule has 0 aliphatic rings. The normalized spacial score (nSPS) is 10.9. The molecule has 0 amide bonds. The lowest BCUT2D eigenvalue weighted by atomic mass is 10.0. The third-order valence-electron chi connectivity index (χ3n) is 3.54. The lowest BCUT2D eigenvalue weighted by molar-refractivity contribution is 1.11. The van der Waals surface area contributed by atoms with Crippen LogP contribution in [-0.2, 0) is 0 Å². The molecule has 0 saturated heterocycles. The highest BCUT2D eigenvalue weighted by Gasteiger charge is 2.08.